The lowest BCUT2D eigenvalue weighted by Gasteiger charge is -2.12. The van der Waals surface area contributed by atoms with E-state index in [4.69, 9.17) is 0 Å². The Bertz CT molecular complexity index is 862. The van der Waals surface area contributed by atoms with Crippen LogP contribution < -0.4 is 9.46 Å². The number of hydrogen-bond acceptors (Lipinski definition) is 5. The average molecular weight is 376 g/mol. The smallest absolute Gasteiger partial charge is 0.406 e. The maximum Gasteiger partial charge on any atom is 0.573 e. The van der Waals surface area contributed by atoms with Crippen molar-refractivity contribution in [3.63, 3.8) is 0 Å². The molecule has 11 heteroatoms. The third-order valence-corrected chi connectivity index (χ3v) is 5.29. The molecule has 0 bridgehead atoms. The number of benzene rings is 1. The van der Waals surface area contributed by atoms with E-state index in [1.54, 1.807) is 0 Å². The van der Waals surface area contributed by atoms with E-state index in [2.05, 4.69) is 19.7 Å². The van der Waals surface area contributed by atoms with Gasteiger partial charge in [-0.1, -0.05) is 0 Å². The van der Waals surface area contributed by atoms with E-state index >= 15 is 0 Å². The summed E-state index contributed by atoms with van der Waals surface area (Å²) in [4.78, 5) is -0.129. The molecule has 2 heterocycles. The number of aryl methyl sites for hydroxylation is 1. The first-order valence-electron chi connectivity index (χ1n) is 7.38. The van der Waals surface area contributed by atoms with E-state index in [0.717, 1.165) is 35.9 Å². The van der Waals surface area contributed by atoms with Crippen molar-refractivity contribution in [2.75, 3.05) is 6.54 Å². The topological polar surface area (TPSA) is 86.1 Å². The van der Waals surface area contributed by atoms with Gasteiger partial charge in [0.05, 0.1) is 4.90 Å². The fourth-order valence-corrected chi connectivity index (χ4v) is 3.78. The second-order valence-corrected chi connectivity index (χ2v) is 7.48. The van der Waals surface area contributed by atoms with E-state index in [9.17, 15) is 21.6 Å². The Balaban J connectivity index is 1.61. The van der Waals surface area contributed by atoms with Crippen molar-refractivity contribution >= 4 is 10.0 Å². The normalized spacial score (nSPS) is 17.5. The largest absolute Gasteiger partial charge is 0.573 e. The lowest BCUT2D eigenvalue weighted by atomic mass is 10.1. The van der Waals surface area contributed by atoms with Gasteiger partial charge in [-0.15, -0.1) is 23.4 Å². The fourth-order valence-electron chi connectivity index (χ4n) is 2.66. The maximum atomic E-state index is 12.3. The van der Waals surface area contributed by atoms with Crippen molar-refractivity contribution in [1.29, 1.82) is 0 Å². The number of nitrogens with zero attached hydrogens (tertiary/aromatic N) is 3. The van der Waals surface area contributed by atoms with Gasteiger partial charge in [0.15, 0.2) is 0 Å². The lowest BCUT2D eigenvalue weighted by Crippen LogP contribution is -2.30. The molecule has 25 heavy (non-hydrogen) atoms. The SMILES string of the molecule is Cc1nnc2n1CC(CNS(=O)(=O)c1ccc(OC(F)(F)F)cc1)C2. The molecular formula is C14H15F3N4O3S. The van der Waals surface area contributed by atoms with E-state index in [1.807, 2.05) is 11.5 Å². The van der Waals surface area contributed by atoms with Crippen molar-refractivity contribution in [2.24, 2.45) is 5.92 Å². The molecule has 0 saturated heterocycles. The Morgan fingerprint density at radius 1 is 1.28 bits per heavy atom. The summed E-state index contributed by atoms with van der Waals surface area (Å²) in [7, 11) is -3.82. The predicted octanol–water partition coefficient (Wildman–Crippen LogP) is 1.64. The third kappa shape index (κ3) is 4.10. The molecule has 3 rings (SSSR count). The molecule has 1 aliphatic rings. The van der Waals surface area contributed by atoms with E-state index in [0.29, 0.717) is 13.0 Å². The highest BCUT2D eigenvalue weighted by Gasteiger charge is 2.31. The molecule has 7 nitrogen and oxygen atoms in total. The van der Waals surface area contributed by atoms with Gasteiger partial charge < -0.3 is 9.30 Å². The molecule has 1 aliphatic heterocycles. The number of ether oxygens (including phenoxy) is 1. The van der Waals surface area contributed by atoms with Crippen LogP contribution in [0.2, 0.25) is 0 Å². The van der Waals surface area contributed by atoms with Gasteiger partial charge in [-0.05, 0) is 37.1 Å². The zero-order chi connectivity index (χ0) is 18.2. The van der Waals surface area contributed by atoms with Crippen molar-refractivity contribution in [3.05, 3.63) is 35.9 Å². The molecule has 1 unspecified atom stereocenters. The molecular weight excluding hydrogens is 361 g/mol. The van der Waals surface area contributed by atoms with Crippen molar-refractivity contribution < 1.29 is 26.3 Å². The van der Waals surface area contributed by atoms with Crippen molar-refractivity contribution in [2.45, 2.75) is 31.1 Å². The van der Waals surface area contributed by atoms with E-state index in [-0.39, 0.29) is 17.4 Å². The van der Waals surface area contributed by atoms with Gasteiger partial charge in [0, 0.05) is 19.5 Å². The number of rotatable bonds is 5. The monoisotopic (exact) mass is 376 g/mol. The molecule has 1 aromatic heterocycles. The van der Waals surface area contributed by atoms with Gasteiger partial charge in [0.25, 0.3) is 0 Å². The molecule has 0 aliphatic carbocycles. The van der Waals surface area contributed by atoms with Crippen LogP contribution in [0.1, 0.15) is 11.6 Å². The Kier molecular flexibility index (Phi) is 4.45. The summed E-state index contributed by atoms with van der Waals surface area (Å²) in [6, 6.07) is 4.05. The first kappa shape index (κ1) is 17.7. The Morgan fingerprint density at radius 3 is 2.56 bits per heavy atom. The van der Waals surface area contributed by atoms with Gasteiger partial charge in [0.1, 0.15) is 17.4 Å². The van der Waals surface area contributed by atoms with Gasteiger partial charge in [-0.25, -0.2) is 13.1 Å². The Morgan fingerprint density at radius 2 is 1.96 bits per heavy atom. The number of nitrogens with one attached hydrogen (secondary N) is 1. The van der Waals surface area contributed by atoms with Crippen LogP contribution in [0, 0.1) is 12.8 Å². The van der Waals surface area contributed by atoms with Crippen LogP contribution in [0.25, 0.3) is 0 Å². The van der Waals surface area contributed by atoms with Crippen LogP contribution >= 0.6 is 0 Å². The number of sulfonamides is 1. The standard InChI is InChI=1S/C14H15F3N4O3S/c1-9-19-20-13-6-10(8-21(9)13)7-18-25(22,23)12-4-2-11(3-5-12)24-14(15,16)17/h2-5,10,18H,6-8H2,1H3. The maximum absolute atomic E-state index is 12.3. The highest BCUT2D eigenvalue weighted by molar-refractivity contribution is 7.89. The summed E-state index contributed by atoms with van der Waals surface area (Å²) in [6.07, 6.45) is -4.21. The van der Waals surface area contributed by atoms with Gasteiger partial charge >= 0.3 is 6.36 Å². The van der Waals surface area contributed by atoms with Gasteiger partial charge in [-0.3, -0.25) is 0 Å². The summed E-state index contributed by atoms with van der Waals surface area (Å²) in [5.74, 6) is 1.17. The average Bonchev–Trinajstić information content (AvgIpc) is 3.06. The van der Waals surface area contributed by atoms with Crippen molar-refractivity contribution in [1.82, 2.24) is 19.5 Å². The number of fused-ring (bicyclic) bond motifs is 1. The van der Waals surface area contributed by atoms with Crippen LogP contribution in [-0.2, 0) is 23.0 Å². The molecule has 136 valence electrons. The third-order valence-electron chi connectivity index (χ3n) is 3.85. The minimum absolute atomic E-state index is 0.0480. The van der Waals surface area contributed by atoms with Crippen molar-refractivity contribution in [3.8, 4) is 5.75 Å². The quantitative estimate of drug-likeness (QED) is 0.857. The fraction of sp³-hybridized carbons (Fsp3) is 0.429. The summed E-state index contributed by atoms with van der Waals surface area (Å²) in [6.45, 7) is 2.65. The number of halogens is 3. The molecule has 0 radical (unpaired) electrons. The summed E-state index contributed by atoms with van der Waals surface area (Å²) < 4.78 is 69.0. The molecule has 0 fully saturated rings. The summed E-state index contributed by atoms with van der Waals surface area (Å²) in [5.41, 5.74) is 0. The Labute approximate surface area is 141 Å². The van der Waals surface area contributed by atoms with Gasteiger partial charge in [0.2, 0.25) is 10.0 Å². The van der Waals surface area contributed by atoms with Crippen LogP contribution in [0.4, 0.5) is 13.2 Å². The molecule has 2 aromatic rings. The van der Waals surface area contributed by atoms with E-state index in [1.165, 1.54) is 0 Å². The van der Waals surface area contributed by atoms with Crippen LogP contribution in [-0.4, -0.2) is 36.1 Å². The van der Waals surface area contributed by atoms with Crippen LogP contribution in [0.5, 0.6) is 5.75 Å². The molecule has 0 amide bonds. The number of aromatic nitrogens is 3. The molecule has 1 N–H and O–H groups in total. The molecule has 1 aromatic carbocycles. The number of alkyl halides is 3. The molecule has 0 spiro atoms. The van der Waals surface area contributed by atoms with Gasteiger partial charge in [-0.2, -0.15) is 0 Å². The molecule has 1 atom stereocenters. The first-order valence-corrected chi connectivity index (χ1v) is 8.86. The number of hydrogen-bond donors (Lipinski definition) is 1. The zero-order valence-electron chi connectivity index (χ0n) is 13.1. The second kappa shape index (κ2) is 6.30. The van der Waals surface area contributed by atoms with Crippen LogP contribution in [0.15, 0.2) is 29.2 Å². The minimum Gasteiger partial charge on any atom is -0.406 e. The second-order valence-electron chi connectivity index (χ2n) is 5.72. The first-order chi connectivity index (χ1) is 11.6. The Hall–Kier alpha value is -2.14. The van der Waals surface area contributed by atoms with Crippen LogP contribution in [0.3, 0.4) is 0 Å². The zero-order valence-corrected chi connectivity index (χ0v) is 13.9. The highest BCUT2D eigenvalue weighted by atomic mass is 32.2. The minimum atomic E-state index is -4.82. The summed E-state index contributed by atoms with van der Waals surface area (Å²) >= 11 is 0. The lowest BCUT2D eigenvalue weighted by molar-refractivity contribution is -0.274. The highest BCUT2D eigenvalue weighted by Crippen LogP contribution is 2.24. The summed E-state index contributed by atoms with van der Waals surface area (Å²) in [5, 5.41) is 7.96. The molecule has 0 saturated carbocycles. The van der Waals surface area contributed by atoms with E-state index < -0.39 is 22.1 Å². The predicted molar refractivity (Wildman–Crippen MR) is 80.3 cm³/mol.